The highest BCUT2D eigenvalue weighted by Gasteiger charge is 2.39. The van der Waals surface area contributed by atoms with Crippen molar-refractivity contribution in [1.29, 1.82) is 0 Å². The van der Waals surface area contributed by atoms with Gasteiger partial charge in [0.25, 0.3) is 5.56 Å². The van der Waals surface area contributed by atoms with Crippen molar-refractivity contribution in [2.24, 2.45) is 7.05 Å². The maximum absolute atomic E-state index is 12.9. The van der Waals surface area contributed by atoms with Crippen LogP contribution in [0.5, 0.6) is 0 Å². The van der Waals surface area contributed by atoms with Crippen molar-refractivity contribution in [2.45, 2.75) is 52.6 Å². The molecule has 2 aliphatic heterocycles. The lowest BCUT2D eigenvalue weighted by molar-refractivity contribution is -0.190. The minimum absolute atomic E-state index is 0.112. The Hall–Kier alpha value is -4.62. The lowest BCUT2D eigenvalue weighted by Gasteiger charge is -2.32. The number of hydrogen-bond acceptors (Lipinski definition) is 12. The van der Waals surface area contributed by atoms with Crippen molar-refractivity contribution in [3.05, 3.63) is 45.1 Å². The average Bonchev–Trinajstić information content (AvgIpc) is 2.83. The van der Waals surface area contributed by atoms with Crippen molar-refractivity contribution in [3.8, 4) is 11.5 Å². The van der Waals surface area contributed by atoms with Crippen LogP contribution in [0.2, 0.25) is 0 Å². The summed E-state index contributed by atoms with van der Waals surface area (Å²) in [6, 6.07) is 6.63. The number of carbonyl (C=O) groups excluding carboxylic acids is 4. The maximum Gasteiger partial charge on any atom is 0.352 e. The van der Waals surface area contributed by atoms with Gasteiger partial charge in [0.1, 0.15) is 6.61 Å². The molecule has 0 aromatic heterocycles. The molecule has 0 bridgehead atoms. The zero-order valence-electron chi connectivity index (χ0n) is 21.3. The van der Waals surface area contributed by atoms with Crippen molar-refractivity contribution >= 4 is 34.9 Å². The molecule has 0 saturated carbocycles. The zero-order chi connectivity index (χ0) is 28.1. The number of ether oxygens (including phenoxy) is 4. The second-order valence-corrected chi connectivity index (χ2v) is 8.31. The van der Waals surface area contributed by atoms with E-state index in [0.29, 0.717) is 11.0 Å². The molecule has 14 nitrogen and oxygen atoms in total. The van der Waals surface area contributed by atoms with Gasteiger partial charge in [-0.15, -0.1) is 0 Å². The first-order chi connectivity index (χ1) is 17.9. The molecule has 0 radical (unpaired) electrons. The van der Waals surface area contributed by atoms with Gasteiger partial charge < -0.3 is 23.5 Å². The van der Waals surface area contributed by atoms with Gasteiger partial charge in [0.05, 0.1) is 17.6 Å². The van der Waals surface area contributed by atoms with Crippen LogP contribution in [0.4, 0.5) is 0 Å². The number of carbonyl (C=O) groups is 4. The van der Waals surface area contributed by atoms with Crippen LogP contribution in [0.1, 0.15) is 27.7 Å². The predicted molar refractivity (Wildman–Crippen MR) is 129 cm³/mol. The molecule has 0 aliphatic carbocycles. The Morgan fingerprint density at radius 1 is 0.842 bits per heavy atom. The minimum Gasteiger partial charge on any atom is -0.462 e. The Balaban J connectivity index is 2.24. The summed E-state index contributed by atoms with van der Waals surface area (Å²) in [4.78, 5) is 81.1. The number of rotatable bonds is 9. The average molecular weight is 530 g/mol. The van der Waals surface area contributed by atoms with Gasteiger partial charge in [0.2, 0.25) is 0 Å². The highest BCUT2D eigenvalue weighted by Crippen LogP contribution is 2.24. The van der Waals surface area contributed by atoms with E-state index in [1.54, 1.807) is 24.3 Å². The smallest absolute Gasteiger partial charge is 0.352 e. The van der Waals surface area contributed by atoms with E-state index in [4.69, 9.17) is 18.9 Å². The fourth-order valence-electron chi connectivity index (χ4n) is 3.84. The van der Waals surface area contributed by atoms with Crippen molar-refractivity contribution in [1.82, 2.24) is 19.1 Å². The molecule has 0 fully saturated rings. The molecule has 0 spiro atoms. The van der Waals surface area contributed by atoms with Gasteiger partial charge in [0.15, 0.2) is 29.8 Å². The molecular formula is C24H26N4O10. The summed E-state index contributed by atoms with van der Waals surface area (Å²) in [5.74, 6) is -3.18. The van der Waals surface area contributed by atoms with E-state index >= 15 is 0 Å². The van der Waals surface area contributed by atoms with Crippen LogP contribution in [0.25, 0.3) is 22.6 Å². The van der Waals surface area contributed by atoms with Gasteiger partial charge in [-0.3, -0.25) is 28.5 Å². The number of nitrogens with zero attached hydrogens (tertiary/aromatic N) is 4. The Morgan fingerprint density at radius 3 is 2.05 bits per heavy atom. The first-order valence-corrected chi connectivity index (χ1v) is 11.4. The summed E-state index contributed by atoms with van der Waals surface area (Å²) in [7, 11) is 1.26. The molecule has 38 heavy (non-hydrogen) atoms. The first kappa shape index (κ1) is 28.0. The van der Waals surface area contributed by atoms with Crippen LogP contribution in [0, 0.1) is 0 Å². The molecule has 0 amide bonds. The highest BCUT2D eigenvalue weighted by atomic mass is 16.6. The van der Waals surface area contributed by atoms with Crippen molar-refractivity contribution < 1.29 is 38.1 Å². The fraction of sp³-hybridized carbons (Fsp3) is 0.417. The molecule has 3 rings (SSSR count). The van der Waals surface area contributed by atoms with Gasteiger partial charge in [-0.1, -0.05) is 12.1 Å². The van der Waals surface area contributed by atoms with Crippen LogP contribution >= 0.6 is 0 Å². The van der Waals surface area contributed by atoms with Gasteiger partial charge in [-0.05, 0) is 12.1 Å². The predicted octanol–water partition coefficient (Wildman–Crippen LogP) is -0.0468. The molecule has 0 unspecified atom stereocenters. The summed E-state index contributed by atoms with van der Waals surface area (Å²) in [6.07, 6.45) is -4.20. The molecule has 1 aromatic rings. The van der Waals surface area contributed by atoms with Gasteiger partial charge in [-0.25, -0.2) is 9.78 Å². The van der Waals surface area contributed by atoms with Crippen LogP contribution in [-0.2, 0) is 51.7 Å². The molecule has 202 valence electrons. The normalized spacial score (nSPS) is 13.4. The number of esters is 4. The van der Waals surface area contributed by atoms with Gasteiger partial charge >= 0.3 is 29.6 Å². The van der Waals surface area contributed by atoms with E-state index in [0.717, 1.165) is 32.3 Å². The quantitative estimate of drug-likeness (QED) is 0.205. The number of aromatic nitrogens is 4. The molecule has 0 N–H and O–H groups in total. The van der Waals surface area contributed by atoms with Gasteiger partial charge in [-0.2, -0.15) is 4.98 Å². The van der Waals surface area contributed by atoms with E-state index in [-0.39, 0.29) is 18.1 Å². The third-order valence-corrected chi connectivity index (χ3v) is 5.35. The Morgan fingerprint density at radius 2 is 1.45 bits per heavy atom. The second-order valence-electron chi connectivity index (χ2n) is 8.31. The molecular weight excluding hydrogens is 504 g/mol. The monoisotopic (exact) mass is 530 g/mol. The van der Waals surface area contributed by atoms with Crippen LogP contribution in [0.3, 0.4) is 0 Å². The standard InChI is InChI=1S/C24H26N4O10/c1-12(29)35-11-19(37-14(3)31)21(38-15(4)32)18(36-13(2)30)10-28-17-9-7-6-8-16(17)25-20-22(28)26-24(34)27(5)23(20)33/h6-9,18-19,21H,10-11H2,1-5H3/t18-,19+,21-/m0/s1. The summed E-state index contributed by atoms with van der Waals surface area (Å²) >= 11 is 0. The topological polar surface area (TPSA) is 175 Å². The third kappa shape index (κ3) is 6.38. The first-order valence-electron chi connectivity index (χ1n) is 11.4. The number of fused-ring (bicyclic) bond motifs is 2. The van der Waals surface area contributed by atoms with Crippen LogP contribution < -0.4 is 11.2 Å². The van der Waals surface area contributed by atoms with Gasteiger partial charge in [0, 0.05) is 34.7 Å². The summed E-state index contributed by atoms with van der Waals surface area (Å²) in [5, 5.41) is 0. The molecule has 0 saturated heterocycles. The molecule has 2 aliphatic rings. The lowest BCUT2D eigenvalue weighted by atomic mass is 10.1. The third-order valence-electron chi connectivity index (χ3n) is 5.35. The van der Waals surface area contributed by atoms with Crippen molar-refractivity contribution in [2.75, 3.05) is 6.61 Å². The molecule has 2 heterocycles. The van der Waals surface area contributed by atoms with E-state index in [2.05, 4.69) is 9.97 Å². The zero-order valence-corrected chi connectivity index (χ0v) is 21.3. The Kier molecular flexibility index (Phi) is 8.55. The second kappa shape index (κ2) is 11.6. The molecule has 14 heteroatoms. The number of benzene rings is 1. The fourth-order valence-corrected chi connectivity index (χ4v) is 3.84. The molecule has 1 aromatic carbocycles. The minimum atomic E-state index is -1.47. The van der Waals surface area contributed by atoms with E-state index in [1.807, 2.05) is 0 Å². The lowest BCUT2D eigenvalue weighted by Crippen LogP contribution is -2.49. The van der Waals surface area contributed by atoms with E-state index in [1.165, 1.54) is 11.6 Å². The molecule has 3 atom stereocenters. The summed E-state index contributed by atoms with van der Waals surface area (Å²) in [5.41, 5.74) is -0.912. The number of para-hydroxylation sites is 2. The largest absolute Gasteiger partial charge is 0.462 e. The summed E-state index contributed by atoms with van der Waals surface area (Å²) in [6.45, 7) is 3.59. The highest BCUT2D eigenvalue weighted by molar-refractivity contribution is 5.79. The Labute approximate surface area is 215 Å². The Bertz CT molecular complexity index is 1480. The number of hydrogen-bond donors (Lipinski definition) is 0. The maximum atomic E-state index is 12.9. The van der Waals surface area contributed by atoms with Crippen LogP contribution in [-0.4, -0.2) is 67.9 Å². The van der Waals surface area contributed by atoms with Crippen molar-refractivity contribution in [3.63, 3.8) is 0 Å². The van der Waals surface area contributed by atoms with Crippen LogP contribution in [0.15, 0.2) is 33.9 Å². The summed E-state index contributed by atoms with van der Waals surface area (Å²) < 4.78 is 23.4. The van der Waals surface area contributed by atoms with E-state index in [9.17, 15) is 28.8 Å². The SMILES string of the molecule is CC(=O)OC[C@@H](OC(C)=O)[C@@H](OC(C)=O)[C@H](Cn1c2nc(=O)n(C)c(=O)c-2nc2ccccc21)OC(C)=O. The van der Waals surface area contributed by atoms with E-state index < -0.39 is 60.0 Å².